The monoisotopic (exact) mass is 254 g/mol. The third-order valence-corrected chi connectivity index (χ3v) is 2.97. The first kappa shape index (κ1) is 11.5. The zero-order chi connectivity index (χ0) is 12.4. The molecule has 0 spiro atoms. The fourth-order valence-electron chi connectivity index (χ4n) is 1.20. The first-order valence-electron chi connectivity index (χ1n) is 4.53. The first-order chi connectivity index (χ1) is 8.06. The Morgan fingerprint density at radius 1 is 1.47 bits per heavy atom. The van der Waals surface area contributed by atoms with Crippen molar-refractivity contribution in [2.24, 2.45) is 7.05 Å². The van der Waals surface area contributed by atoms with E-state index in [9.17, 15) is 14.5 Å². The Kier molecular flexibility index (Phi) is 3.05. The summed E-state index contributed by atoms with van der Waals surface area (Å²) in [7, 11) is 1.68. The number of halogens is 1. The van der Waals surface area contributed by atoms with Crippen LogP contribution in [0.4, 0.5) is 10.1 Å². The molecule has 0 atom stereocenters. The standard InChI is InChI=1S/C9H7FN4O2S/c1-13-9(11-5-12-13)17-8-3-6(10)2-7(4-8)14(15)16/h2-5H,1H3. The van der Waals surface area contributed by atoms with Crippen LogP contribution in [0.25, 0.3) is 0 Å². The molecule has 0 bridgehead atoms. The van der Waals surface area contributed by atoms with Gasteiger partial charge in [0, 0.05) is 18.0 Å². The van der Waals surface area contributed by atoms with E-state index in [1.807, 2.05) is 0 Å². The van der Waals surface area contributed by atoms with Crippen molar-refractivity contribution in [3.8, 4) is 0 Å². The Balaban J connectivity index is 2.33. The van der Waals surface area contributed by atoms with Crippen LogP contribution < -0.4 is 0 Å². The van der Waals surface area contributed by atoms with Crippen LogP contribution >= 0.6 is 11.8 Å². The SMILES string of the molecule is Cn1ncnc1Sc1cc(F)cc([N+](=O)[O-])c1. The number of non-ortho nitro benzene ring substituents is 1. The van der Waals surface area contributed by atoms with Crippen LogP contribution in [0.15, 0.2) is 34.6 Å². The lowest BCUT2D eigenvalue weighted by Gasteiger charge is -2.00. The minimum absolute atomic E-state index is 0.283. The molecule has 0 amide bonds. The number of aromatic nitrogens is 3. The predicted molar refractivity (Wildman–Crippen MR) is 58.2 cm³/mol. The van der Waals surface area contributed by atoms with Gasteiger partial charge in [0.15, 0.2) is 5.16 Å². The van der Waals surface area contributed by atoms with E-state index in [2.05, 4.69) is 10.1 Å². The number of benzene rings is 1. The van der Waals surface area contributed by atoms with Crippen molar-refractivity contribution in [3.05, 3.63) is 40.5 Å². The molecule has 88 valence electrons. The minimum Gasteiger partial charge on any atom is -0.258 e. The summed E-state index contributed by atoms with van der Waals surface area (Å²) in [6.07, 6.45) is 1.36. The zero-order valence-corrected chi connectivity index (χ0v) is 9.52. The number of nitro groups is 1. The summed E-state index contributed by atoms with van der Waals surface area (Å²) in [6.45, 7) is 0. The average molecular weight is 254 g/mol. The van der Waals surface area contributed by atoms with E-state index in [0.717, 1.165) is 17.8 Å². The molecule has 0 aliphatic carbocycles. The highest BCUT2D eigenvalue weighted by Gasteiger charge is 2.12. The molecule has 0 saturated heterocycles. The quantitative estimate of drug-likeness (QED) is 0.618. The van der Waals surface area contributed by atoms with Gasteiger partial charge in [-0.1, -0.05) is 0 Å². The Morgan fingerprint density at radius 3 is 2.82 bits per heavy atom. The van der Waals surface area contributed by atoms with Gasteiger partial charge in [0.2, 0.25) is 0 Å². The highest BCUT2D eigenvalue weighted by Crippen LogP contribution is 2.29. The van der Waals surface area contributed by atoms with Crippen LogP contribution in [-0.2, 0) is 7.05 Å². The predicted octanol–water partition coefficient (Wildman–Crippen LogP) is 2.01. The summed E-state index contributed by atoms with van der Waals surface area (Å²) < 4.78 is 14.7. The molecule has 8 heteroatoms. The molecule has 1 aromatic carbocycles. The molecule has 0 saturated carbocycles. The van der Waals surface area contributed by atoms with E-state index in [1.165, 1.54) is 23.1 Å². The molecule has 2 aromatic rings. The number of aryl methyl sites for hydroxylation is 1. The highest BCUT2D eigenvalue weighted by atomic mass is 32.2. The number of nitrogens with zero attached hydrogens (tertiary/aromatic N) is 4. The molecule has 0 N–H and O–H groups in total. The third-order valence-electron chi connectivity index (χ3n) is 1.95. The Morgan fingerprint density at radius 2 is 2.24 bits per heavy atom. The molecule has 1 aromatic heterocycles. The molecular formula is C9H7FN4O2S. The van der Waals surface area contributed by atoms with Crippen molar-refractivity contribution in [2.45, 2.75) is 10.1 Å². The van der Waals surface area contributed by atoms with Crippen molar-refractivity contribution in [2.75, 3.05) is 0 Å². The Labute approximate surface area is 99.6 Å². The van der Waals surface area contributed by atoms with Crippen molar-refractivity contribution >= 4 is 17.4 Å². The number of hydrogen-bond donors (Lipinski definition) is 0. The van der Waals surface area contributed by atoms with Gasteiger partial charge in [0.05, 0.1) is 11.0 Å². The summed E-state index contributed by atoms with van der Waals surface area (Å²) in [5.74, 6) is -0.649. The topological polar surface area (TPSA) is 73.8 Å². The van der Waals surface area contributed by atoms with Gasteiger partial charge in [-0.2, -0.15) is 5.10 Å². The van der Waals surface area contributed by atoms with Crippen LogP contribution in [0.2, 0.25) is 0 Å². The van der Waals surface area contributed by atoms with Crippen molar-refractivity contribution < 1.29 is 9.31 Å². The summed E-state index contributed by atoms with van der Waals surface area (Å²) in [5.41, 5.74) is -0.283. The van der Waals surface area contributed by atoms with Crippen molar-refractivity contribution in [3.63, 3.8) is 0 Å². The summed E-state index contributed by atoms with van der Waals surface area (Å²) in [5, 5.41) is 15.0. The van der Waals surface area contributed by atoms with Crippen LogP contribution in [0, 0.1) is 15.9 Å². The number of nitro benzene ring substituents is 1. The lowest BCUT2D eigenvalue weighted by molar-refractivity contribution is -0.385. The van der Waals surface area contributed by atoms with Gasteiger partial charge in [-0.15, -0.1) is 0 Å². The smallest absolute Gasteiger partial charge is 0.258 e. The second-order valence-corrected chi connectivity index (χ2v) is 4.21. The van der Waals surface area contributed by atoms with Gasteiger partial charge in [-0.05, 0) is 17.8 Å². The third kappa shape index (κ3) is 2.59. The zero-order valence-electron chi connectivity index (χ0n) is 8.70. The lowest BCUT2D eigenvalue weighted by atomic mass is 10.3. The molecule has 0 aliphatic heterocycles. The van der Waals surface area contributed by atoms with Crippen LogP contribution in [0.3, 0.4) is 0 Å². The molecule has 2 rings (SSSR count). The molecule has 1 heterocycles. The minimum atomic E-state index is -0.649. The van der Waals surface area contributed by atoms with E-state index in [1.54, 1.807) is 7.05 Å². The van der Waals surface area contributed by atoms with Gasteiger partial charge < -0.3 is 0 Å². The van der Waals surface area contributed by atoms with E-state index in [4.69, 9.17) is 0 Å². The van der Waals surface area contributed by atoms with Gasteiger partial charge >= 0.3 is 0 Å². The Bertz CT molecular complexity index is 572. The first-order valence-corrected chi connectivity index (χ1v) is 5.35. The summed E-state index contributed by atoms with van der Waals surface area (Å²) in [4.78, 5) is 14.3. The number of hydrogen-bond acceptors (Lipinski definition) is 5. The Hall–Kier alpha value is -1.96. The summed E-state index contributed by atoms with van der Waals surface area (Å²) in [6, 6.07) is 3.38. The largest absolute Gasteiger partial charge is 0.273 e. The average Bonchev–Trinajstić information content (AvgIpc) is 2.63. The maximum atomic E-state index is 13.2. The normalized spacial score (nSPS) is 10.5. The molecule has 17 heavy (non-hydrogen) atoms. The highest BCUT2D eigenvalue weighted by molar-refractivity contribution is 7.99. The molecule has 0 radical (unpaired) electrons. The molecule has 6 nitrogen and oxygen atoms in total. The van der Waals surface area contributed by atoms with Crippen LogP contribution in [0.5, 0.6) is 0 Å². The van der Waals surface area contributed by atoms with Crippen molar-refractivity contribution in [1.82, 2.24) is 14.8 Å². The van der Waals surface area contributed by atoms with E-state index in [0.29, 0.717) is 10.1 Å². The van der Waals surface area contributed by atoms with Crippen molar-refractivity contribution in [1.29, 1.82) is 0 Å². The molecular weight excluding hydrogens is 247 g/mol. The van der Waals surface area contributed by atoms with Gasteiger partial charge in [0.1, 0.15) is 12.1 Å². The van der Waals surface area contributed by atoms with E-state index in [-0.39, 0.29) is 5.69 Å². The van der Waals surface area contributed by atoms with Gasteiger partial charge in [-0.25, -0.2) is 14.1 Å². The fourth-order valence-corrected chi connectivity index (χ4v) is 2.04. The van der Waals surface area contributed by atoms with E-state index >= 15 is 0 Å². The van der Waals surface area contributed by atoms with Crippen LogP contribution in [0.1, 0.15) is 0 Å². The molecule has 0 aliphatic rings. The maximum absolute atomic E-state index is 13.2. The number of rotatable bonds is 3. The van der Waals surface area contributed by atoms with Crippen LogP contribution in [-0.4, -0.2) is 19.7 Å². The maximum Gasteiger partial charge on any atom is 0.273 e. The second kappa shape index (κ2) is 4.50. The summed E-state index contributed by atoms with van der Waals surface area (Å²) >= 11 is 1.11. The van der Waals surface area contributed by atoms with E-state index < -0.39 is 10.7 Å². The van der Waals surface area contributed by atoms with Gasteiger partial charge in [-0.3, -0.25) is 10.1 Å². The van der Waals surface area contributed by atoms with Gasteiger partial charge in [0.25, 0.3) is 5.69 Å². The lowest BCUT2D eigenvalue weighted by Crippen LogP contribution is -1.93. The second-order valence-electron chi connectivity index (χ2n) is 3.17. The molecule has 0 unspecified atom stereocenters. The fraction of sp³-hybridized carbons (Fsp3) is 0.111. The molecule has 0 fully saturated rings.